The first kappa shape index (κ1) is 15.4. The molecule has 3 fully saturated rings. The van der Waals surface area contributed by atoms with E-state index in [-0.39, 0.29) is 23.8 Å². The Kier molecular flexibility index (Phi) is 3.91. The van der Waals surface area contributed by atoms with Crippen LogP contribution in [0.2, 0.25) is 0 Å². The number of H-pyrrole nitrogens is 1. The molecule has 4 rings (SSSR count). The Balaban J connectivity index is 1.33. The largest absolute Gasteiger partial charge is 0.375 e. The standard InChI is InChI=1S/C16H23N5O3/c1-10-8-24-9-13(10)17-15(22)20-6-4-12(5-7-20)21-16(23)18-14(19-21)11-2-3-11/h11-13H,1-9H2,(H,17,22)(H,18,19,23). The number of likely N-dealkylation sites (tertiary alicyclic amines) is 1. The third-order valence-corrected chi connectivity index (χ3v) is 5.08. The van der Waals surface area contributed by atoms with Crippen molar-refractivity contribution in [3.8, 4) is 0 Å². The van der Waals surface area contributed by atoms with E-state index >= 15 is 0 Å². The average Bonchev–Trinajstić information content (AvgIpc) is 3.26. The SMILES string of the molecule is C=C1COCC1NC(=O)N1CCC(n2nc(C3CC3)[nH]c2=O)CC1. The predicted molar refractivity (Wildman–Crippen MR) is 86.9 cm³/mol. The third kappa shape index (κ3) is 2.98. The highest BCUT2D eigenvalue weighted by Crippen LogP contribution is 2.37. The van der Waals surface area contributed by atoms with Crippen LogP contribution in [-0.2, 0) is 4.74 Å². The molecule has 2 amide bonds. The van der Waals surface area contributed by atoms with Crippen molar-refractivity contribution in [2.75, 3.05) is 26.3 Å². The molecule has 2 N–H and O–H groups in total. The van der Waals surface area contributed by atoms with Gasteiger partial charge in [0, 0.05) is 19.0 Å². The molecule has 24 heavy (non-hydrogen) atoms. The Labute approximate surface area is 139 Å². The van der Waals surface area contributed by atoms with Gasteiger partial charge < -0.3 is 15.0 Å². The van der Waals surface area contributed by atoms with Crippen molar-refractivity contribution in [1.82, 2.24) is 25.0 Å². The summed E-state index contributed by atoms with van der Waals surface area (Å²) < 4.78 is 6.87. The van der Waals surface area contributed by atoms with Gasteiger partial charge in [-0.05, 0) is 31.3 Å². The number of amides is 2. The zero-order valence-corrected chi connectivity index (χ0v) is 13.7. The monoisotopic (exact) mass is 333 g/mol. The Hall–Kier alpha value is -2.09. The summed E-state index contributed by atoms with van der Waals surface area (Å²) in [5.41, 5.74) is 0.785. The van der Waals surface area contributed by atoms with E-state index in [2.05, 4.69) is 22.0 Å². The van der Waals surface area contributed by atoms with E-state index in [1.807, 2.05) is 0 Å². The summed E-state index contributed by atoms with van der Waals surface area (Å²) in [7, 11) is 0. The summed E-state index contributed by atoms with van der Waals surface area (Å²) in [5, 5.41) is 7.42. The van der Waals surface area contributed by atoms with Crippen LogP contribution in [0.3, 0.4) is 0 Å². The fraction of sp³-hybridized carbons (Fsp3) is 0.688. The quantitative estimate of drug-likeness (QED) is 0.799. The minimum atomic E-state index is -0.126. The van der Waals surface area contributed by atoms with E-state index in [0.29, 0.717) is 32.2 Å². The Morgan fingerprint density at radius 1 is 1.29 bits per heavy atom. The number of nitrogens with zero attached hydrogens (tertiary/aromatic N) is 3. The molecule has 1 aromatic rings. The Morgan fingerprint density at radius 2 is 2.04 bits per heavy atom. The normalized spacial score (nSPS) is 25.2. The second kappa shape index (κ2) is 6.08. The molecule has 0 radical (unpaired) electrons. The molecule has 0 spiro atoms. The highest BCUT2D eigenvalue weighted by molar-refractivity contribution is 5.75. The van der Waals surface area contributed by atoms with Gasteiger partial charge in [0.1, 0.15) is 5.82 Å². The topological polar surface area (TPSA) is 92.2 Å². The second-order valence-electron chi connectivity index (χ2n) is 6.93. The molecule has 0 aromatic carbocycles. The summed E-state index contributed by atoms with van der Waals surface area (Å²) in [6.45, 7) is 6.15. The molecular weight excluding hydrogens is 310 g/mol. The molecular formula is C16H23N5O3. The number of aromatic nitrogens is 3. The van der Waals surface area contributed by atoms with Crippen LogP contribution in [0.4, 0.5) is 4.79 Å². The van der Waals surface area contributed by atoms with Crippen LogP contribution in [-0.4, -0.2) is 58.0 Å². The van der Waals surface area contributed by atoms with Crippen molar-refractivity contribution < 1.29 is 9.53 Å². The van der Waals surface area contributed by atoms with E-state index in [0.717, 1.165) is 37.1 Å². The van der Waals surface area contributed by atoms with E-state index < -0.39 is 0 Å². The minimum Gasteiger partial charge on any atom is -0.375 e. The van der Waals surface area contributed by atoms with Crippen molar-refractivity contribution in [3.05, 3.63) is 28.5 Å². The maximum absolute atomic E-state index is 12.3. The van der Waals surface area contributed by atoms with Crippen molar-refractivity contribution in [1.29, 1.82) is 0 Å². The molecule has 1 aliphatic carbocycles. The van der Waals surface area contributed by atoms with Crippen LogP contribution in [0.15, 0.2) is 16.9 Å². The molecule has 3 heterocycles. The number of carbonyl (C=O) groups excluding carboxylic acids is 1. The van der Waals surface area contributed by atoms with E-state index in [1.165, 1.54) is 0 Å². The molecule has 2 saturated heterocycles. The maximum atomic E-state index is 12.3. The lowest BCUT2D eigenvalue weighted by Gasteiger charge is -2.32. The molecule has 1 atom stereocenters. The van der Waals surface area contributed by atoms with Crippen LogP contribution < -0.4 is 11.0 Å². The van der Waals surface area contributed by atoms with Crippen molar-refractivity contribution in [3.63, 3.8) is 0 Å². The molecule has 1 aromatic heterocycles. The average molecular weight is 333 g/mol. The number of urea groups is 1. The summed E-state index contributed by atoms with van der Waals surface area (Å²) in [6.07, 6.45) is 3.71. The van der Waals surface area contributed by atoms with Gasteiger partial charge >= 0.3 is 11.7 Å². The van der Waals surface area contributed by atoms with Crippen LogP contribution in [0, 0.1) is 0 Å². The summed E-state index contributed by atoms with van der Waals surface area (Å²) in [4.78, 5) is 29.1. The van der Waals surface area contributed by atoms with Crippen LogP contribution in [0.1, 0.15) is 43.5 Å². The first-order chi connectivity index (χ1) is 11.6. The number of ether oxygens (including phenoxy) is 1. The molecule has 1 saturated carbocycles. The minimum absolute atomic E-state index is 0.0649. The fourth-order valence-electron chi connectivity index (χ4n) is 3.37. The van der Waals surface area contributed by atoms with Crippen molar-refractivity contribution in [2.24, 2.45) is 0 Å². The van der Waals surface area contributed by atoms with Gasteiger partial charge in [0.15, 0.2) is 0 Å². The summed E-state index contributed by atoms with van der Waals surface area (Å²) in [6, 6.07) is -0.112. The van der Waals surface area contributed by atoms with E-state index in [4.69, 9.17) is 4.74 Å². The lowest BCUT2D eigenvalue weighted by atomic mass is 10.1. The number of nitrogens with one attached hydrogen (secondary N) is 2. The maximum Gasteiger partial charge on any atom is 0.343 e. The number of hydrogen-bond donors (Lipinski definition) is 2. The van der Waals surface area contributed by atoms with Gasteiger partial charge in [0.05, 0.1) is 25.3 Å². The highest BCUT2D eigenvalue weighted by atomic mass is 16.5. The second-order valence-corrected chi connectivity index (χ2v) is 6.93. The van der Waals surface area contributed by atoms with Gasteiger partial charge in [-0.15, -0.1) is 0 Å². The number of aromatic amines is 1. The van der Waals surface area contributed by atoms with Crippen LogP contribution in [0.5, 0.6) is 0 Å². The Bertz CT molecular complexity index is 697. The van der Waals surface area contributed by atoms with Gasteiger partial charge in [-0.25, -0.2) is 14.3 Å². The van der Waals surface area contributed by atoms with Crippen molar-refractivity contribution >= 4 is 6.03 Å². The van der Waals surface area contributed by atoms with E-state index in [1.54, 1.807) is 9.58 Å². The molecule has 1 unspecified atom stereocenters. The molecule has 0 bridgehead atoms. The van der Waals surface area contributed by atoms with Gasteiger partial charge in [-0.3, -0.25) is 4.98 Å². The smallest absolute Gasteiger partial charge is 0.343 e. The molecule has 2 aliphatic heterocycles. The zero-order chi connectivity index (χ0) is 16.7. The first-order valence-corrected chi connectivity index (χ1v) is 8.61. The highest BCUT2D eigenvalue weighted by Gasteiger charge is 2.31. The zero-order valence-electron chi connectivity index (χ0n) is 13.7. The molecule has 8 heteroatoms. The molecule has 3 aliphatic rings. The van der Waals surface area contributed by atoms with Crippen molar-refractivity contribution in [2.45, 2.75) is 43.7 Å². The lowest BCUT2D eigenvalue weighted by molar-refractivity contribution is 0.159. The lowest BCUT2D eigenvalue weighted by Crippen LogP contribution is -2.49. The predicted octanol–water partition coefficient (Wildman–Crippen LogP) is 0.750. The van der Waals surface area contributed by atoms with Crippen LogP contribution >= 0.6 is 0 Å². The number of piperidine rings is 1. The van der Waals surface area contributed by atoms with Gasteiger partial charge in [-0.1, -0.05) is 6.58 Å². The van der Waals surface area contributed by atoms with Crippen LogP contribution in [0.25, 0.3) is 0 Å². The van der Waals surface area contributed by atoms with Gasteiger partial charge in [-0.2, -0.15) is 5.10 Å². The number of rotatable bonds is 3. The third-order valence-electron chi connectivity index (χ3n) is 5.08. The number of carbonyl (C=O) groups is 1. The fourth-order valence-corrected chi connectivity index (χ4v) is 3.37. The molecule has 130 valence electrons. The Morgan fingerprint density at radius 3 is 2.67 bits per heavy atom. The summed E-state index contributed by atoms with van der Waals surface area (Å²) in [5.74, 6) is 1.26. The van der Waals surface area contributed by atoms with E-state index in [9.17, 15) is 9.59 Å². The molecule has 8 nitrogen and oxygen atoms in total. The summed E-state index contributed by atoms with van der Waals surface area (Å²) >= 11 is 0. The first-order valence-electron chi connectivity index (χ1n) is 8.61. The van der Waals surface area contributed by atoms with Gasteiger partial charge in [0.2, 0.25) is 0 Å². The number of hydrogen-bond acceptors (Lipinski definition) is 4. The van der Waals surface area contributed by atoms with Gasteiger partial charge in [0.25, 0.3) is 0 Å².